The van der Waals surface area contributed by atoms with Crippen molar-refractivity contribution in [3.63, 3.8) is 0 Å². The van der Waals surface area contributed by atoms with Crippen LogP contribution in [0.4, 0.5) is 11.4 Å². The Morgan fingerprint density at radius 1 is 1.50 bits per heavy atom. The largest absolute Gasteiger partial charge is 0.393 e. The van der Waals surface area contributed by atoms with Crippen LogP contribution in [0.3, 0.4) is 0 Å². The normalized spacial score (nSPS) is 17.8. The molecule has 1 aliphatic rings. The van der Waals surface area contributed by atoms with Gasteiger partial charge < -0.3 is 15.4 Å². The number of nitrogens with zero attached hydrogens (tertiary/aromatic N) is 2. The van der Waals surface area contributed by atoms with Gasteiger partial charge in [0.05, 0.1) is 23.7 Å². The molecule has 2 rings (SSSR count). The molecular weight excluding hydrogens is 262 g/mol. The maximum Gasteiger partial charge on any atom is 0.292 e. The van der Waals surface area contributed by atoms with Gasteiger partial charge in [-0.1, -0.05) is 0 Å². The number of carbonyl (C=O) groups excluding carboxylic acids is 1. The number of anilines is 1. The second-order valence-corrected chi connectivity index (χ2v) is 5.35. The van der Waals surface area contributed by atoms with E-state index in [9.17, 15) is 14.9 Å². The van der Waals surface area contributed by atoms with Gasteiger partial charge in [-0.2, -0.15) is 0 Å². The van der Waals surface area contributed by atoms with E-state index in [2.05, 4.69) is 0 Å². The predicted octanol–water partition coefficient (Wildman–Crippen LogP) is 1.43. The van der Waals surface area contributed by atoms with Gasteiger partial charge in [-0.3, -0.25) is 14.9 Å². The summed E-state index contributed by atoms with van der Waals surface area (Å²) in [6.45, 7) is 5.26. The molecule has 1 aromatic carbocycles. The lowest BCUT2D eigenvalue weighted by Gasteiger charge is -2.42. The van der Waals surface area contributed by atoms with Gasteiger partial charge in [-0.15, -0.1) is 0 Å². The maximum absolute atomic E-state index is 12.5. The summed E-state index contributed by atoms with van der Waals surface area (Å²) in [4.78, 5) is 24.4. The third kappa shape index (κ3) is 2.57. The first kappa shape index (κ1) is 14.3. The van der Waals surface area contributed by atoms with Gasteiger partial charge in [-0.05, 0) is 26.0 Å². The van der Waals surface area contributed by atoms with Crippen molar-refractivity contribution in [2.75, 3.05) is 25.5 Å². The Hall–Kier alpha value is -2.15. The molecule has 1 aromatic rings. The van der Waals surface area contributed by atoms with E-state index in [1.54, 1.807) is 4.90 Å². The molecule has 0 saturated carbocycles. The molecule has 7 nitrogen and oxygen atoms in total. The van der Waals surface area contributed by atoms with Crippen LogP contribution < -0.4 is 5.73 Å². The first-order valence-corrected chi connectivity index (χ1v) is 6.26. The minimum Gasteiger partial charge on any atom is -0.393 e. The molecule has 0 aliphatic carbocycles. The van der Waals surface area contributed by atoms with Crippen LogP contribution in [0.5, 0.6) is 0 Å². The van der Waals surface area contributed by atoms with Crippen LogP contribution in [0.15, 0.2) is 18.2 Å². The van der Waals surface area contributed by atoms with Crippen LogP contribution in [-0.2, 0) is 4.74 Å². The molecule has 0 atom stereocenters. The highest BCUT2D eigenvalue weighted by molar-refractivity contribution is 5.96. The number of hydrogen-bond acceptors (Lipinski definition) is 5. The van der Waals surface area contributed by atoms with Gasteiger partial charge in [-0.25, -0.2) is 0 Å². The van der Waals surface area contributed by atoms with E-state index in [0.29, 0.717) is 25.3 Å². The van der Waals surface area contributed by atoms with Crippen LogP contribution in [0, 0.1) is 10.1 Å². The molecule has 20 heavy (non-hydrogen) atoms. The molecule has 0 aromatic heterocycles. The van der Waals surface area contributed by atoms with Crippen LogP contribution in [0.25, 0.3) is 0 Å². The van der Waals surface area contributed by atoms with Crippen molar-refractivity contribution in [2.24, 2.45) is 0 Å². The fourth-order valence-electron chi connectivity index (χ4n) is 2.24. The van der Waals surface area contributed by atoms with Crippen LogP contribution >= 0.6 is 0 Å². The summed E-state index contributed by atoms with van der Waals surface area (Å²) in [5.74, 6) is -0.195. The van der Waals surface area contributed by atoms with Gasteiger partial charge in [0.25, 0.3) is 11.6 Å². The Labute approximate surface area is 116 Å². The zero-order valence-corrected chi connectivity index (χ0v) is 11.5. The molecule has 108 valence electrons. The number of nitro benzene ring substituents is 1. The Kier molecular flexibility index (Phi) is 3.63. The number of nitro groups is 1. The minimum atomic E-state index is -0.567. The molecular formula is C13H17N3O4. The number of hydrogen-bond donors (Lipinski definition) is 1. The summed E-state index contributed by atoms with van der Waals surface area (Å²) in [6, 6.07) is 4.05. The van der Waals surface area contributed by atoms with Gasteiger partial charge in [0.1, 0.15) is 5.69 Å². The summed E-state index contributed by atoms with van der Waals surface area (Å²) in [6.07, 6.45) is 0. The topological polar surface area (TPSA) is 98.7 Å². The predicted molar refractivity (Wildman–Crippen MR) is 73.4 cm³/mol. The average Bonchev–Trinajstić information content (AvgIpc) is 2.37. The van der Waals surface area contributed by atoms with Gasteiger partial charge in [0, 0.05) is 18.2 Å². The molecule has 2 N–H and O–H groups in total. The van der Waals surface area contributed by atoms with Crippen molar-refractivity contribution < 1.29 is 14.5 Å². The summed E-state index contributed by atoms with van der Waals surface area (Å²) in [7, 11) is 0. The number of carbonyl (C=O) groups is 1. The van der Waals surface area contributed by atoms with Crippen LogP contribution in [-0.4, -0.2) is 41.0 Å². The minimum absolute atomic E-state index is 0.00749. The van der Waals surface area contributed by atoms with E-state index in [1.165, 1.54) is 18.2 Å². The Balaban J connectivity index is 2.29. The quantitative estimate of drug-likeness (QED) is 0.501. The summed E-state index contributed by atoms with van der Waals surface area (Å²) < 4.78 is 5.37. The van der Waals surface area contributed by atoms with Crippen molar-refractivity contribution in [3.05, 3.63) is 33.9 Å². The standard InChI is InChI=1S/C13H17N3O4/c1-13(2)8-20-6-5-15(13)12(17)9-3-4-11(16(18)19)10(14)7-9/h3-4,7H,5-6,8,14H2,1-2H3. The molecule has 1 amide bonds. The van der Waals surface area contributed by atoms with Gasteiger partial charge in [0.15, 0.2) is 0 Å². The number of nitrogen functional groups attached to an aromatic ring is 1. The highest BCUT2D eigenvalue weighted by atomic mass is 16.6. The first-order chi connectivity index (χ1) is 9.33. The lowest BCUT2D eigenvalue weighted by atomic mass is 10.0. The van der Waals surface area contributed by atoms with Gasteiger partial charge in [0.2, 0.25) is 0 Å². The lowest BCUT2D eigenvalue weighted by Crippen LogP contribution is -2.55. The van der Waals surface area contributed by atoms with Crippen LogP contribution in [0.1, 0.15) is 24.2 Å². The summed E-state index contributed by atoms with van der Waals surface area (Å²) in [5.41, 5.74) is 5.36. The second kappa shape index (κ2) is 5.09. The van der Waals surface area contributed by atoms with E-state index in [0.717, 1.165) is 0 Å². The SMILES string of the molecule is CC1(C)COCCN1C(=O)c1ccc([N+](=O)[O-])c(N)c1. The Bertz CT molecular complexity index is 557. The van der Waals surface area contributed by atoms with Crippen molar-refractivity contribution in [2.45, 2.75) is 19.4 Å². The van der Waals surface area contributed by atoms with Crippen molar-refractivity contribution in [1.29, 1.82) is 0 Å². The molecule has 0 unspecified atom stereocenters. The number of amides is 1. The Morgan fingerprint density at radius 3 is 2.75 bits per heavy atom. The number of rotatable bonds is 2. The average molecular weight is 279 g/mol. The summed E-state index contributed by atoms with van der Waals surface area (Å²) in [5, 5.41) is 10.7. The highest BCUT2D eigenvalue weighted by Crippen LogP contribution is 2.26. The molecule has 1 fully saturated rings. The molecule has 0 bridgehead atoms. The third-order valence-corrected chi connectivity index (χ3v) is 3.36. The number of benzene rings is 1. The smallest absolute Gasteiger partial charge is 0.292 e. The number of morpholine rings is 1. The molecule has 0 spiro atoms. The molecule has 0 radical (unpaired) electrons. The van der Waals surface area contributed by atoms with Crippen molar-refractivity contribution >= 4 is 17.3 Å². The zero-order valence-electron chi connectivity index (χ0n) is 11.5. The van der Waals surface area contributed by atoms with E-state index in [-0.39, 0.29) is 17.3 Å². The van der Waals surface area contributed by atoms with Crippen molar-refractivity contribution in [1.82, 2.24) is 4.90 Å². The van der Waals surface area contributed by atoms with Gasteiger partial charge >= 0.3 is 0 Å². The Morgan fingerprint density at radius 2 is 2.20 bits per heavy atom. The zero-order chi connectivity index (χ0) is 14.9. The van der Waals surface area contributed by atoms with E-state index >= 15 is 0 Å². The van der Waals surface area contributed by atoms with E-state index < -0.39 is 10.5 Å². The van der Waals surface area contributed by atoms with E-state index in [1.807, 2.05) is 13.8 Å². The molecule has 1 aliphatic heterocycles. The summed E-state index contributed by atoms with van der Waals surface area (Å²) >= 11 is 0. The third-order valence-electron chi connectivity index (χ3n) is 3.36. The number of nitrogens with two attached hydrogens (primary N) is 1. The molecule has 1 heterocycles. The maximum atomic E-state index is 12.5. The molecule has 1 saturated heterocycles. The second-order valence-electron chi connectivity index (χ2n) is 5.35. The highest BCUT2D eigenvalue weighted by Gasteiger charge is 2.34. The monoisotopic (exact) mass is 279 g/mol. The van der Waals surface area contributed by atoms with Crippen molar-refractivity contribution in [3.8, 4) is 0 Å². The van der Waals surface area contributed by atoms with Crippen LogP contribution in [0.2, 0.25) is 0 Å². The molecule has 7 heteroatoms. The fourth-order valence-corrected chi connectivity index (χ4v) is 2.24. The first-order valence-electron chi connectivity index (χ1n) is 6.26. The number of ether oxygens (including phenoxy) is 1. The van der Waals surface area contributed by atoms with E-state index in [4.69, 9.17) is 10.5 Å². The fraction of sp³-hybridized carbons (Fsp3) is 0.462. The lowest BCUT2D eigenvalue weighted by molar-refractivity contribution is -0.383.